The number of hydrogen-bond acceptors (Lipinski definition) is 4. The maximum absolute atomic E-state index is 12.8. The Morgan fingerprint density at radius 1 is 1.36 bits per heavy atom. The third-order valence-electron chi connectivity index (χ3n) is 3.52. The van der Waals surface area contributed by atoms with Crippen LogP contribution in [0.5, 0.6) is 0 Å². The Labute approximate surface area is 156 Å². The maximum Gasteiger partial charge on any atom is 0.266 e. The number of benzene rings is 1. The highest BCUT2D eigenvalue weighted by Gasteiger charge is 2.21. The summed E-state index contributed by atoms with van der Waals surface area (Å²) in [5, 5.41) is 12.3. The zero-order valence-electron chi connectivity index (χ0n) is 14.1. The van der Waals surface area contributed by atoms with E-state index in [1.54, 1.807) is 23.2 Å². The molecule has 1 N–H and O–H groups in total. The molecular formula is C19H19BrN4O. The molecule has 1 aromatic carbocycles. The van der Waals surface area contributed by atoms with Crippen LogP contribution in [0.1, 0.15) is 19.4 Å². The van der Waals surface area contributed by atoms with E-state index in [1.165, 1.54) is 6.20 Å². The molecule has 0 spiro atoms. The zero-order chi connectivity index (χ0) is 18.2. The lowest BCUT2D eigenvalue weighted by molar-refractivity contribution is -0.129. The molecule has 0 saturated carbocycles. The highest BCUT2D eigenvalue weighted by molar-refractivity contribution is 9.10. The molecule has 1 heterocycles. The van der Waals surface area contributed by atoms with Crippen LogP contribution in [-0.2, 0) is 11.3 Å². The van der Waals surface area contributed by atoms with E-state index in [9.17, 15) is 10.1 Å². The summed E-state index contributed by atoms with van der Waals surface area (Å²) in [6.07, 6.45) is 3.03. The minimum atomic E-state index is -0.316. The van der Waals surface area contributed by atoms with Crippen LogP contribution in [0.4, 0.5) is 5.82 Å². The number of pyridine rings is 1. The fraction of sp³-hybridized carbons (Fsp3) is 0.211. The summed E-state index contributed by atoms with van der Waals surface area (Å²) in [5.41, 5.74) is 1.05. The van der Waals surface area contributed by atoms with Gasteiger partial charge in [-0.3, -0.25) is 4.79 Å². The summed E-state index contributed by atoms with van der Waals surface area (Å²) < 4.78 is 0.858. The third-order valence-corrected chi connectivity index (χ3v) is 4.01. The molecule has 0 aliphatic carbocycles. The van der Waals surface area contributed by atoms with Gasteiger partial charge in [0.25, 0.3) is 5.91 Å². The lowest BCUT2D eigenvalue weighted by atomic mass is 10.1. The molecule has 0 atom stereocenters. The van der Waals surface area contributed by atoms with Gasteiger partial charge >= 0.3 is 0 Å². The topological polar surface area (TPSA) is 69.0 Å². The number of aromatic nitrogens is 1. The third kappa shape index (κ3) is 5.44. The van der Waals surface area contributed by atoms with Crippen LogP contribution >= 0.6 is 15.9 Å². The van der Waals surface area contributed by atoms with Crippen LogP contribution < -0.4 is 5.32 Å². The predicted molar refractivity (Wildman–Crippen MR) is 101 cm³/mol. The molecule has 5 nitrogen and oxygen atoms in total. The number of rotatable bonds is 6. The summed E-state index contributed by atoms with van der Waals surface area (Å²) in [5.74, 6) is 0.234. The zero-order valence-corrected chi connectivity index (χ0v) is 15.7. The molecular weight excluding hydrogens is 380 g/mol. The van der Waals surface area contributed by atoms with Crippen LogP contribution in [0.25, 0.3) is 0 Å². The second-order valence-electron chi connectivity index (χ2n) is 5.69. The standard InChI is InChI=1S/C19H19BrN4O/c1-14(2)24(13-15-6-4-3-5-7-15)19(25)16(11-21)12-23-18-10-17(20)8-9-22-18/h3-10,12,14H,13H2,1-2H3,(H,22,23)/b16-12-. The van der Waals surface area contributed by atoms with Gasteiger partial charge in [0.2, 0.25) is 0 Å². The quantitative estimate of drug-likeness (QED) is 0.587. The Morgan fingerprint density at radius 3 is 2.68 bits per heavy atom. The van der Waals surface area contributed by atoms with Crippen molar-refractivity contribution in [1.29, 1.82) is 5.26 Å². The normalized spacial score (nSPS) is 11.1. The number of anilines is 1. The van der Waals surface area contributed by atoms with Crippen molar-refractivity contribution in [2.45, 2.75) is 26.4 Å². The molecule has 2 rings (SSSR count). The summed E-state index contributed by atoms with van der Waals surface area (Å²) in [6.45, 7) is 4.31. The second-order valence-corrected chi connectivity index (χ2v) is 6.60. The van der Waals surface area contributed by atoms with E-state index in [2.05, 4.69) is 26.2 Å². The van der Waals surface area contributed by atoms with Crippen molar-refractivity contribution in [3.05, 3.63) is 70.5 Å². The summed E-state index contributed by atoms with van der Waals surface area (Å²) in [4.78, 5) is 18.6. The number of carbonyl (C=O) groups is 1. The number of nitrogens with one attached hydrogen (secondary N) is 1. The van der Waals surface area contributed by atoms with Gasteiger partial charge in [-0.05, 0) is 31.5 Å². The van der Waals surface area contributed by atoms with Gasteiger partial charge in [0.05, 0.1) is 0 Å². The second kappa shape index (κ2) is 9.00. The van der Waals surface area contributed by atoms with Crippen molar-refractivity contribution in [2.24, 2.45) is 0 Å². The molecule has 128 valence electrons. The van der Waals surface area contributed by atoms with Gasteiger partial charge in [-0.25, -0.2) is 4.98 Å². The number of halogens is 1. The smallest absolute Gasteiger partial charge is 0.266 e. The van der Waals surface area contributed by atoms with Crippen LogP contribution in [0.2, 0.25) is 0 Å². The first-order chi connectivity index (χ1) is 12.0. The van der Waals surface area contributed by atoms with Crippen molar-refractivity contribution in [3.8, 4) is 6.07 Å². The molecule has 1 aromatic heterocycles. The predicted octanol–water partition coefficient (Wildman–Crippen LogP) is 4.10. The van der Waals surface area contributed by atoms with Crippen molar-refractivity contribution in [3.63, 3.8) is 0 Å². The van der Waals surface area contributed by atoms with Crippen molar-refractivity contribution >= 4 is 27.7 Å². The Kier molecular flexibility index (Phi) is 6.72. The van der Waals surface area contributed by atoms with Gasteiger partial charge in [-0.1, -0.05) is 46.3 Å². The fourth-order valence-electron chi connectivity index (χ4n) is 2.20. The Balaban J connectivity index is 2.17. The van der Waals surface area contributed by atoms with Crippen molar-refractivity contribution in [1.82, 2.24) is 9.88 Å². The average Bonchev–Trinajstić information content (AvgIpc) is 2.60. The summed E-state index contributed by atoms with van der Waals surface area (Å²) in [6, 6.07) is 15.2. The fourth-order valence-corrected chi connectivity index (χ4v) is 2.53. The molecule has 0 saturated heterocycles. The lowest BCUT2D eigenvalue weighted by Gasteiger charge is -2.26. The van der Waals surface area contributed by atoms with Crippen molar-refractivity contribution < 1.29 is 4.79 Å². The molecule has 25 heavy (non-hydrogen) atoms. The molecule has 2 aromatic rings. The molecule has 0 unspecified atom stereocenters. The molecule has 6 heteroatoms. The number of nitrogens with zero attached hydrogens (tertiary/aromatic N) is 3. The van der Waals surface area contributed by atoms with Gasteiger partial charge in [0.1, 0.15) is 17.5 Å². The molecule has 0 aliphatic heterocycles. The van der Waals surface area contributed by atoms with E-state index in [0.717, 1.165) is 10.0 Å². The van der Waals surface area contributed by atoms with Gasteiger partial charge in [-0.2, -0.15) is 5.26 Å². The van der Waals surface area contributed by atoms with E-state index in [0.29, 0.717) is 12.4 Å². The molecule has 0 radical (unpaired) electrons. The highest BCUT2D eigenvalue weighted by Crippen LogP contribution is 2.15. The summed E-state index contributed by atoms with van der Waals surface area (Å²) >= 11 is 3.35. The largest absolute Gasteiger partial charge is 0.345 e. The minimum absolute atomic E-state index is 0.0337. The first-order valence-corrected chi connectivity index (χ1v) is 8.64. The van der Waals surface area contributed by atoms with E-state index in [1.807, 2.05) is 50.2 Å². The van der Waals surface area contributed by atoms with E-state index < -0.39 is 0 Å². The molecule has 0 aliphatic rings. The summed E-state index contributed by atoms with van der Waals surface area (Å²) in [7, 11) is 0. The lowest BCUT2D eigenvalue weighted by Crippen LogP contribution is -2.37. The van der Waals surface area contributed by atoms with E-state index in [-0.39, 0.29) is 17.5 Å². The Morgan fingerprint density at radius 2 is 2.08 bits per heavy atom. The number of nitriles is 1. The minimum Gasteiger partial charge on any atom is -0.345 e. The first kappa shape index (κ1) is 18.7. The van der Waals surface area contributed by atoms with Gasteiger partial charge in [0, 0.05) is 29.5 Å². The van der Waals surface area contributed by atoms with Gasteiger partial charge < -0.3 is 10.2 Å². The van der Waals surface area contributed by atoms with E-state index >= 15 is 0 Å². The maximum atomic E-state index is 12.8. The average molecular weight is 399 g/mol. The van der Waals surface area contributed by atoms with Crippen LogP contribution in [-0.4, -0.2) is 21.8 Å². The molecule has 1 amide bonds. The highest BCUT2D eigenvalue weighted by atomic mass is 79.9. The number of hydrogen-bond donors (Lipinski definition) is 1. The Bertz CT molecular complexity index is 797. The van der Waals surface area contributed by atoms with Crippen LogP contribution in [0.3, 0.4) is 0 Å². The first-order valence-electron chi connectivity index (χ1n) is 7.84. The van der Waals surface area contributed by atoms with Crippen LogP contribution in [0, 0.1) is 11.3 Å². The van der Waals surface area contributed by atoms with E-state index in [4.69, 9.17) is 0 Å². The van der Waals surface area contributed by atoms with Crippen molar-refractivity contribution in [2.75, 3.05) is 5.32 Å². The van der Waals surface area contributed by atoms with Crippen LogP contribution in [0.15, 0.2) is 64.9 Å². The number of carbonyl (C=O) groups excluding carboxylic acids is 1. The number of amides is 1. The molecule has 0 fully saturated rings. The monoisotopic (exact) mass is 398 g/mol. The molecule has 0 bridgehead atoms. The van der Waals surface area contributed by atoms with Gasteiger partial charge in [-0.15, -0.1) is 0 Å². The SMILES string of the molecule is CC(C)N(Cc1ccccc1)C(=O)/C(C#N)=C\Nc1cc(Br)ccn1. The van der Waals surface area contributed by atoms with Gasteiger partial charge in [0.15, 0.2) is 0 Å². The Hall–Kier alpha value is -2.65.